The van der Waals surface area contributed by atoms with E-state index in [2.05, 4.69) is 20.9 Å². The van der Waals surface area contributed by atoms with Gasteiger partial charge in [0, 0.05) is 24.5 Å². The van der Waals surface area contributed by atoms with Crippen molar-refractivity contribution in [1.29, 1.82) is 0 Å². The number of nitrogens with one attached hydrogen (secondary N) is 3. The van der Waals surface area contributed by atoms with Crippen molar-refractivity contribution in [3.8, 4) is 0 Å². The molecule has 5 N–H and O–H groups in total. The van der Waals surface area contributed by atoms with Gasteiger partial charge in [0.1, 0.15) is 6.04 Å². The van der Waals surface area contributed by atoms with E-state index in [1.807, 2.05) is 48.5 Å². The predicted octanol–water partition coefficient (Wildman–Crippen LogP) is 4.92. The summed E-state index contributed by atoms with van der Waals surface area (Å²) in [5.41, 5.74) is 9.42. The fourth-order valence-corrected chi connectivity index (χ4v) is 4.20. The molecule has 0 bridgehead atoms. The van der Waals surface area contributed by atoms with Crippen molar-refractivity contribution in [3.05, 3.63) is 90.3 Å². The van der Waals surface area contributed by atoms with Gasteiger partial charge in [0.05, 0.1) is 17.1 Å². The first-order chi connectivity index (χ1) is 17.1. The fourth-order valence-electron chi connectivity index (χ4n) is 4.20. The zero-order valence-corrected chi connectivity index (χ0v) is 19.6. The van der Waals surface area contributed by atoms with Crippen LogP contribution in [0.1, 0.15) is 49.3 Å². The van der Waals surface area contributed by atoms with Crippen molar-refractivity contribution in [2.24, 2.45) is 0 Å². The molecular formula is C28H31N5O2. The average Bonchev–Trinajstić information content (AvgIpc) is 2.89. The Morgan fingerprint density at radius 2 is 1.74 bits per heavy atom. The summed E-state index contributed by atoms with van der Waals surface area (Å²) in [5.74, 6) is -0.321. The SMILES string of the molecule is Nc1ccccc1NC(=O)C=Cc1ccc(C(Nc2cccnc2)C(=O)NC2CCCCC2)cc1. The van der Waals surface area contributed by atoms with Gasteiger partial charge in [0.25, 0.3) is 0 Å². The number of benzene rings is 2. The van der Waals surface area contributed by atoms with Gasteiger partial charge in [-0.05, 0) is 54.3 Å². The molecule has 7 heteroatoms. The van der Waals surface area contributed by atoms with Crippen molar-refractivity contribution in [3.63, 3.8) is 0 Å². The predicted molar refractivity (Wildman–Crippen MR) is 141 cm³/mol. The number of amides is 2. The second-order valence-electron chi connectivity index (χ2n) is 8.74. The number of hydrogen-bond donors (Lipinski definition) is 4. The quantitative estimate of drug-likeness (QED) is 0.277. The number of rotatable bonds is 8. The normalized spacial score (nSPS) is 14.9. The van der Waals surface area contributed by atoms with E-state index in [0.29, 0.717) is 11.4 Å². The number of carbonyl (C=O) groups excluding carboxylic acids is 2. The van der Waals surface area contributed by atoms with Crippen LogP contribution in [-0.4, -0.2) is 22.8 Å². The summed E-state index contributed by atoms with van der Waals surface area (Å²) in [4.78, 5) is 29.7. The average molecular weight is 470 g/mol. The molecule has 2 amide bonds. The molecule has 4 rings (SSSR count). The number of nitrogen functional groups attached to an aromatic ring is 1. The minimum Gasteiger partial charge on any atom is -0.397 e. The van der Waals surface area contributed by atoms with Crippen molar-refractivity contribution in [1.82, 2.24) is 10.3 Å². The number of nitrogens with zero attached hydrogens (tertiary/aromatic N) is 1. The zero-order chi connectivity index (χ0) is 24.5. The van der Waals surface area contributed by atoms with E-state index < -0.39 is 6.04 Å². The summed E-state index contributed by atoms with van der Waals surface area (Å²) in [5, 5.41) is 9.31. The Morgan fingerprint density at radius 3 is 2.46 bits per heavy atom. The van der Waals surface area contributed by atoms with Gasteiger partial charge in [-0.25, -0.2) is 0 Å². The Kier molecular flexibility index (Phi) is 8.12. The third-order valence-corrected chi connectivity index (χ3v) is 6.10. The molecule has 180 valence electrons. The second-order valence-corrected chi connectivity index (χ2v) is 8.74. The Balaban J connectivity index is 1.45. The largest absolute Gasteiger partial charge is 0.397 e. The molecule has 1 aliphatic rings. The Morgan fingerprint density at radius 1 is 0.971 bits per heavy atom. The second kappa shape index (κ2) is 11.8. The topological polar surface area (TPSA) is 109 Å². The molecule has 1 unspecified atom stereocenters. The van der Waals surface area contributed by atoms with Crippen molar-refractivity contribution >= 4 is 35.0 Å². The number of anilines is 3. The van der Waals surface area contributed by atoms with Crippen molar-refractivity contribution in [2.75, 3.05) is 16.4 Å². The van der Waals surface area contributed by atoms with E-state index in [0.717, 1.165) is 42.5 Å². The summed E-state index contributed by atoms with van der Waals surface area (Å²) >= 11 is 0. The van der Waals surface area contributed by atoms with E-state index in [-0.39, 0.29) is 17.9 Å². The Bertz CT molecular complexity index is 1160. The summed E-state index contributed by atoms with van der Waals surface area (Å²) < 4.78 is 0. The number of para-hydroxylation sites is 2. The lowest BCUT2D eigenvalue weighted by Gasteiger charge is -2.26. The van der Waals surface area contributed by atoms with Crippen LogP contribution >= 0.6 is 0 Å². The van der Waals surface area contributed by atoms with Gasteiger partial charge in [-0.15, -0.1) is 0 Å². The first kappa shape index (κ1) is 24.0. The highest BCUT2D eigenvalue weighted by Crippen LogP contribution is 2.23. The molecule has 3 aromatic rings. The van der Waals surface area contributed by atoms with Crippen LogP contribution in [0.4, 0.5) is 17.1 Å². The highest BCUT2D eigenvalue weighted by Gasteiger charge is 2.24. The van der Waals surface area contributed by atoms with Crippen LogP contribution in [0.15, 0.2) is 79.1 Å². The summed E-state index contributed by atoms with van der Waals surface area (Å²) in [6.07, 6.45) is 12.2. The van der Waals surface area contributed by atoms with Crippen LogP contribution in [0.25, 0.3) is 6.08 Å². The van der Waals surface area contributed by atoms with E-state index in [1.54, 1.807) is 30.6 Å². The minimum atomic E-state index is -0.552. The summed E-state index contributed by atoms with van der Waals surface area (Å²) in [7, 11) is 0. The number of aromatic nitrogens is 1. The first-order valence-corrected chi connectivity index (χ1v) is 12.0. The fraction of sp³-hybridized carbons (Fsp3) is 0.250. The van der Waals surface area contributed by atoms with Gasteiger partial charge < -0.3 is 21.7 Å². The van der Waals surface area contributed by atoms with Gasteiger partial charge in [0.15, 0.2) is 0 Å². The highest BCUT2D eigenvalue weighted by molar-refractivity contribution is 6.03. The number of hydrogen-bond acceptors (Lipinski definition) is 5. The molecule has 0 aliphatic heterocycles. The Hall–Kier alpha value is -4.13. The molecule has 1 atom stereocenters. The van der Waals surface area contributed by atoms with Crippen LogP contribution in [0.2, 0.25) is 0 Å². The number of pyridine rings is 1. The minimum absolute atomic E-state index is 0.0520. The van der Waals surface area contributed by atoms with Crippen LogP contribution < -0.4 is 21.7 Å². The molecule has 2 aromatic carbocycles. The van der Waals surface area contributed by atoms with E-state index in [4.69, 9.17) is 5.73 Å². The molecular weight excluding hydrogens is 438 g/mol. The maximum atomic E-state index is 13.2. The Labute approximate surface area is 205 Å². The van der Waals surface area contributed by atoms with Crippen LogP contribution in [0, 0.1) is 0 Å². The van der Waals surface area contributed by atoms with Crippen LogP contribution in [0.5, 0.6) is 0 Å². The van der Waals surface area contributed by atoms with Gasteiger partial charge in [-0.1, -0.05) is 55.7 Å². The smallest absolute Gasteiger partial charge is 0.248 e. The van der Waals surface area contributed by atoms with Crippen molar-refractivity contribution in [2.45, 2.75) is 44.2 Å². The number of nitrogens with two attached hydrogens (primary N) is 1. The monoisotopic (exact) mass is 469 g/mol. The van der Waals surface area contributed by atoms with Gasteiger partial charge in [0.2, 0.25) is 11.8 Å². The van der Waals surface area contributed by atoms with E-state index >= 15 is 0 Å². The summed E-state index contributed by atoms with van der Waals surface area (Å²) in [6.45, 7) is 0. The van der Waals surface area contributed by atoms with Crippen LogP contribution in [-0.2, 0) is 9.59 Å². The maximum Gasteiger partial charge on any atom is 0.248 e. The van der Waals surface area contributed by atoms with Gasteiger partial charge >= 0.3 is 0 Å². The van der Waals surface area contributed by atoms with Gasteiger partial charge in [-0.2, -0.15) is 0 Å². The molecule has 1 heterocycles. The van der Waals surface area contributed by atoms with E-state index in [1.165, 1.54) is 12.5 Å². The molecule has 0 radical (unpaired) electrons. The van der Waals surface area contributed by atoms with Gasteiger partial charge in [-0.3, -0.25) is 14.6 Å². The standard InChI is InChI=1S/C28H31N5O2/c29-24-10-4-5-11-25(24)33-26(34)17-14-20-12-15-21(16-13-20)27(31-23-9-6-18-30-19-23)28(35)32-22-7-2-1-3-8-22/h4-6,9-19,22,27,31H,1-3,7-8,29H2,(H,32,35)(H,33,34). The third-order valence-electron chi connectivity index (χ3n) is 6.10. The molecule has 1 aromatic heterocycles. The van der Waals surface area contributed by atoms with E-state index in [9.17, 15) is 9.59 Å². The lowest BCUT2D eigenvalue weighted by Crippen LogP contribution is -2.41. The van der Waals surface area contributed by atoms with Crippen LogP contribution in [0.3, 0.4) is 0 Å². The highest BCUT2D eigenvalue weighted by atomic mass is 16.2. The molecule has 35 heavy (non-hydrogen) atoms. The molecule has 1 fully saturated rings. The molecule has 0 spiro atoms. The zero-order valence-electron chi connectivity index (χ0n) is 19.6. The maximum absolute atomic E-state index is 13.2. The molecule has 1 saturated carbocycles. The third kappa shape index (κ3) is 6.93. The van der Waals surface area contributed by atoms with Crippen molar-refractivity contribution < 1.29 is 9.59 Å². The molecule has 0 saturated heterocycles. The lowest BCUT2D eigenvalue weighted by atomic mass is 9.94. The summed E-state index contributed by atoms with van der Waals surface area (Å²) in [6, 6.07) is 18.1. The lowest BCUT2D eigenvalue weighted by molar-refractivity contribution is -0.122. The molecule has 7 nitrogen and oxygen atoms in total. The first-order valence-electron chi connectivity index (χ1n) is 12.0. The number of carbonyl (C=O) groups is 2. The molecule has 1 aliphatic carbocycles.